The molecule has 7 heteroatoms. The number of amides is 3. The van der Waals surface area contributed by atoms with Gasteiger partial charge in [0.15, 0.2) is 6.61 Å². The number of rotatable bonds is 4. The number of thiophene rings is 1. The highest BCUT2D eigenvalue weighted by Crippen LogP contribution is 2.28. The molecule has 0 atom stereocenters. The minimum absolute atomic E-state index is 0.416. The van der Waals surface area contributed by atoms with Crippen molar-refractivity contribution >= 4 is 29.2 Å². The quantitative estimate of drug-likeness (QED) is 0.826. The van der Waals surface area contributed by atoms with Crippen molar-refractivity contribution in [1.29, 1.82) is 0 Å². The van der Waals surface area contributed by atoms with Gasteiger partial charge in [-0.25, -0.2) is 9.59 Å². The third-order valence-corrected chi connectivity index (χ3v) is 4.84. The minimum Gasteiger partial charge on any atom is -0.451 e. The zero-order valence-corrected chi connectivity index (χ0v) is 14.1. The molecule has 2 N–H and O–H groups in total. The number of hydrogen-bond acceptors (Lipinski definition) is 5. The molecular weight excluding hydrogens is 316 g/mol. The van der Waals surface area contributed by atoms with E-state index in [4.69, 9.17) is 4.74 Å². The molecule has 1 heterocycles. The van der Waals surface area contributed by atoms with Gasteiger partial charge in [-0.15, -0.1) is 11.3 Å². The molecule has 23 heavy (non-hydrogen) atoms. The maximum absolute atomic E-state index is 12.1. The summed E-state index contributed by atoms with van der Waals surface area (Å²) in [6, 6.07) is 1.29. The van der Waals surface area contributed by atoms with Crippen LogP contribution >= 0.6 is 11.3 Å². The summed E-state index contributed by atoms with van der Waals surface area (Å²) in [6.07, 6.45) is 6.76. The van der Waals surface area contributed by atoms with Crippen LogP contribution in [0.15, 0.2) is 6.07 Å². The Morgan fingerprint density at radius 1 is 1.17 bits per heavy atom. The van der Waals surface area contributed by atoms with E-state index in [1.54, 1.807) is 6.92 Å². The van der Waals surface area contributed by atoms with Gasteiger partial charge in [0, 0.05) is 11.4 Å². The number of esters is 1. The Labute approximate surface area is 139 Å². The molecule has 0 radical (unpaired) electrons. The average Bonchev–Trinajstić information content (AvgIpc) is 2.87. The van der Waals surface area contributed by atoms with E-state index in [9.17, 15) is 14.4 Å². The molecule has 126 valence electrons. The number of urea groups is 1. The zero-order chi connectivity index (χ0) is 16.7. The molecule has 1 aliphatic rings. The Balaban J connectivity index is 1.87. The molecule has 0 aromatic carbocycles. The van der Waals surface area contributed by atoms with E-state index < -0.39 is 24.5 Å². The van der Waals surface area contributed by atoms with E-state index >= 15 is 0 Å². The van der Waals surface area contributed by atoms with Gasteiger partial charge in [-0.1, -0.05) is 12.8 Å². The summed E-state index contributed by atoms with van der Waals surface area (Å²) in [5, 5.41) is 4.52. The molecule has 2 rings (SSSR count). The molecule has 0 spiro atoms. The smallest absolute Gasteiger partial charge is 0.348 e. The number of nitrogens with one attached hydrogen (secondary N) is 2. The Kier molecular flexibility index (Phi) is 6.58. The number of carbonyl (C=O) groups is 3. The number of fused-ring (bicyclic) bond motifs is 1. The first-order valence-electron chi connectivity index (χ1n) is 7.96. The maximum Gasteiger partial charge on any atom is 0.348 e. The van der Waals surface area contributed by atoms with Gasteiger partial charge in [0.2, 0.25) is 0 Å². The predicted molar refractivity (Wildman–Crippen MR) is 87.7 cm³/mol. The van der Waals surface area contributed by atoms with Crippen molar-refractivity contribution in [2.45, 2.75) is 45.4 Å². The largest absolute Gasteiger partial charge is 0.451 e. The van der Waals surface area contributed by atoms with Crippen LogP contribution in [-0.4, -0.2) is 31.1 Å². The lowest BCUT2D eigenvalue weighted by molar-refractivity contribution is -0.123. The average molecular weight is 338 g/mol. The summed E-state index contributed by atoms with van der Waals surface area (Å²) in [4.78, 5) is 36.5. The van der Waals surface area contributed by atoms with Crippen molar-refractivity contribution in [3.05, 3.63) is 21.4 Å². The minimum atomic E-state index is -0.640. The van der Waals surface area contributed by atoms with Crippen molar-refractivity contribution in [3.63, 3.8) is 0 Å². The van der Waals surface area contributed by atoms with E-state index in [1.807, 2.05) is 6.07 Å². The van der Waals surface area contributed by atoms with Crippen LogP contribution in [0.1, 0.15) is 52.7 Å². The first-order chi connectivity index (χ1) is 11.1. The van der Waals surface area contributed by atoms with Gasteiger partial charge in [0.25, 0.3) is 5.91 Å². The van der Waals surface area contributed by atoms with Crippen LogP contribution in [0.5, 0.6) is 0 Å². The van der Waals surface area contributed by atoms with Crippen molar-refractivity contribution in [2.75, 3.05) is 13.2 Å². The maximum atomic E-state index is 12.1. The van der Waals surface area contributed by atoms with Crippen molar-refractivity contribution < 1.29 is 19.1 Å². The van der Waals surface area contributed by atoms with Gasteiger partial charge >= 0.3 is 12.0 Å². The second kappa shape index (κ2) is 8.67. The molecule has 0 bridgehead atoms. The van der Waals surface area contributed by atoms with E-state index in [0.717, 1.165) is 25.7 Å². The van der Waals surface area contributed by atoms with Crippen LogP contribution < -0.4 is 10.6 Å². The first-order valence-corrected chi connectivity index (χ1v) is 8.78. The molecule has 1 aromatic rings. The Bertz CT molecular complexity index is 557. The molecule has 3 amide bonds. The predicted octanol–water partition coefficient (Wildman–Crippen LogP) is 2.41. The second-order valence-electron chi connectivity index (χ2n) is 5.46. The Morgan fingerprint density at radius 3 is 2.65 bits per heavy atom. The fourth-order valence-corrected chi connectivity index (χ4v) is 3.66. The zero-order valence-electron chi connectivity index (χ0n) is 13.3. The Morgan fingerprint density at radius 2 is 1.91 bits per heavy atom. The standard InChI is InChI=1S/C16H22N2O4S/c1-2-17-16(21)18-14(19)10-22-15(20)13-9-11-7-5-3-4-6-8-12(11)23-13/h9H,2-8,10H2,1H3,(H2,17,18,19,21). The van der Waals surface area contributed by atoms with Gasteiger partial charge in [-0.3, -0.25) is 10.1 Å². The van der Waals surface area contributed by atoms with E-state index in [0.29, 0.717) is 11.4 Å². The van der Waals surface area contributed by atoms with Crippen molar-refractivity contribution in [3.8, 4) is 0 Å². The lowest BCUT2D eigenvalue weighted by Crippen LogP contribution is -2.41. The topological polar surface area (TPSA) is 84.5 Å². The number of aryl methyl sites for hydroxylation is 2. The van der Waals surface area contributed by atoms with Crippen LogP contribution in [0.2, 0.25) is 0 Å². The molecule has 0 aliphatic heterocycles. The number of hydrogen-bond donors (Lipinski definition) is 2. The van der Waals surface area contributed by atoms with E-state index in [1.165, 1.54) is 34.6 Å². The van der Waals surface area contributed by atoms with Gasteiger partial charge in [-0.05, 0) is 44.2 Å². The fraction of sp³-hybridized carbons (Fsp3) is 0.562. The summed E-state index contributed by atoms with van der Waals surface area (Å²) in [6.45, 7) is 1.70. The monoisotopic (exact) mass is 338 g/mol. The molecule has 0 saturated carbocycles. The molecule has 6 nitrogen and oxygen atoms in total. The SMILES string of the molecule is CCNC(=O)NC(=O)COC(=O)c1cc2c(s1)CCCCCC2. The first kappa shape index (κ1) is 17.5. The fourth-order valence-electron chi connectivity index (χ4n) is 2.51. The number of ether oxygens (including phenoxy) is 1. The molecule has 0 fully saturated rings. The number of imide groups is 1. The molecule has 1 aliphatic carbocycles. The van der Waals surface area contributed by atoms with E-state index in [-0.39, 0.29) is 0 Å². The summed E-state index contributed by atoms with van der Waals surface area (Å²) >= 11 is 1.45. The lowest BCUT2D eigenvalue weighted by atomic mass is 10.00. The highest BCUT2D eigenvalue weighted by molar-refractivity contribution is 7.14. The molecule has 0 saturated heterocycles. The van der Waals surface area contributed by atoms with Gasteiger partial charge in [0.1, 0.15) is 4.88 Å². The van der Waals surface area contributed by atoms with Crippen LogP contribution in [0, 0.1) is 0 Å². The van der Waals surface area contributed by atoms with Crippen molar-refractivity contribution in [2.24, 2.45) is 0 Å². The summed E-state index contributed by atoms with van der Waals surface area (Å²) in [7, 11) is 0. The summed E-state index contributed by atoms with van der Waals surface area (Å²) in [5.74, 6) is -1.15. The summed E-state index contributed by atoms with van der Waals surface area (Å²) < 4.78 is 4.99. The summed E-state index contributed by atoms with van der Waals surface area (Å²) in [5.41, 5.74) is 1.23. The third-order valence-electron chi connectivity index (χ3n) is 3.62. The third kappa shape index (κ3) is 5.35. The highest BCUT2D eigenvalue weighted by Gasteiger charge is 2.18. The van der Waals surface area contributed by atoms with Crippen molar-refractivity contribution in [1.82, 2.24) is 10.6 Å². The van der Waals surface area contributed by atoms with Gasteiger partial charge in [-0.2, -0.15) is 0 Å². The van der Waals surface area contributed by atoms with Gasteiger partial charge < -0.3 is 10.1 Å². The molecule has 0 unspecified atom stereocenters. The second-order valence-corrected chi connectivity index (χ2v) is 6.59. The van der Waals surface area contributed by atoms with Crippen LogP contribution in [0.25, 0.3) is 0 Å². The van der Waals surface area contributed by atoms with Crippen LogP contribution in [-0.2, 0) is 22.4 Å². The van der Waals surface area contributed by atoms with Gasteiger partial charge in [0.05, 0.1) is 0 Å². The van der Waals surface area contributed by atoms with E-state index in [2.05, 4.69) is 10.6 Å². The molecule has 1 aromatic heterocycles. The van der Waals surface area contributed by atoms with Crippen LogP contribution in [0.4, 0.5) is 4.79 Å². The molecular formula is C16H22N2O4S. The number of carbonyl (C=O) groups excluding carboxylic acids is 3. The highest BCUT2D eigenvalue weighted by atomic mass is 32.1. The van der Waals surface area contributed by atoms with Crippen LogP contribution in [0.3, 0.4) is 0 Å². The Hall–Kier alpha value is -1.89. The normalized spacial score (nSPS) is 14.1. The lowest BCUT2D eigenvalue weighted by Gasteiger charge is -2.07.